The Kier molecular flexibility index (Phi) is 7.63. The van der Waals surface area contributed by atoms with E-state index in [0.717, 1.165) is 4.44 Å². The van der Waals surface area contributed by atoms with E-state index in [0.29, 0.717) is 0 Å². The second-order valence-corrected chi connectivity index (χ2v) is 20.7. The third-order valence-electron chi connectivity index (χ3n) is 4.82. The van der Waals surface area contributed by atoms with Crippen LogP contribution in [0.15, 0.2) is 0 Å². The maximum absolute atomic E-state index is 13.3. The third-order valence-corrected chi connectivity index (χ3v) is 20.8. The summed E-state index contributed by atoms with van der Waals surface area (Å²) in [5.74, 6) is -2.50. The molecule has 0 heterocycles. The van der Waals surface area contributed by atoms with Crippen LogP contribution in [-0.4, -0.2) is 24.3 Å². The van der Waals surface area contributed by atoms with E-state index in [1.165, 1.54) is 51.8 Å². The summed E-state index contributed by atoms with van der Waals surface area (Å²) in [6.45, 7) is 6.71. The fourth-order valence-corrected chi connectivity index (χ4v) is 20.9. The predicted molar refractivity (Wildman–Crippen MR) is 82.8 cm³/mol. The molecule has 1 rings (SSSR count). The Bertz CT molecular complexity index is 231. The second kappa shape index (κ2) is 8.19. The summed E-state index contributed by atoms with van der Waals surface area (Å²) in [6, 6.07) is 0. The first-order valence-corrected chi connectivity index (χ1v) is 16.4. The Hall–Kier alpha value is 0.659. The first-order valence-electron chi connectivity index (χ1n) is 8.37. The molecule has 3 heteroatoms. The Labute approximate surface area is 122 Å². The zero-order chi connectivity index (χ0) is 14.4. The molecular weight excluding hydrogens is 349 g/mol. The van der Waals surface area contributed by atoms with Crippen molar-refractivity contribution in [3.8, 4) is 0 Å². The Morgan fingerprint density at radius 2 is 1.26 bits per heavy atom. The standard InChI is InChI=1S/C4H5F2.3C4H9.Sn/c1-3-2-4(3,5)6;3*1-3-4-2;/h3H,1-2H2;3*1,3-4H2,2H3;. The summed E-state index contributed by atoms with van der Waals surface area (Å²) in [5, 5.41) is 0. The summed E-state index contributed by atoms with van der Waals surface area (Å²) in [7, 11) is 0. The van der Waals surface area contributed by atoms with Crippen LogP contribution in [0, 0.1) is 5.92 Å². The van der Waals surface area contributed by atoms with E-state index < -0.39 is 24.3 Å². The quantitative estimate of drug-likeness (QED) is 0.359. The third kappa shape index (κ3) is 5.89. The SMILES string of the molecule is CCC[CH2][Sn]([CH2]CCC)([CH2]CCC)[CH2]C1CC1(F)F. The fourth-order valence-electron chi connectivity index (χ4n) is 3.35. The molecule has 0 aliphatic heterocycles. The van der Waals surface area contributed by atoms with E-state index in [9.17, 15) is 8.78 Å². The molecule has 0 bridgehead atoms. The molecule has 1 aliphatic carbocycles. The summed E-state index contributed by atoms with van der Waals surface area (Å²) >= 11 is -2.27. The van der Waals surface area contributed by atoms with Crippen molar-refractivity contribution >= 4 is 18.4 Å². The van der Waals surface area contributed by atoms with Crippen LogP contribution in [0.1, 0.15) is 65.7 Å². The number of rotatable bonds is 11. The molecule has 0 aromatic heterocycles. The average Bonchev–Trinajstić information content (AvgIpc) is 2.98. The first-order chi connectivity index (χ1) is 8.99. The van der Waals surface area contributed by atoms with Crippen LogP contribution in [0.3, 0.4) is 0 Å². The van der Waals surface area contributed by atoms with Gasteiger partial charge in [0.05, 0.1) is 0 Å². The maximum atomic E-state index is 13.3. The minimum atomic E-state index is -2.28. The van der Waals surface area contributed by atoms with Gasteiger partial charge in [0.15, 0.2) is 0 Å². The molecule has 0 radical (unpaired) electrons. The van der Waals surface area contributed by atoms with Gasteiger partial charge in [0.25, 0.3) is 0 Å². The topological polar surface area (TPSA) is 0 Å². The number of alkyl halides is 2. The van der Waals surface area contributed by atoms with Gasteiger partial charge in [-0.25, -0.2) is 0 Å². The minimum absolute atomic E-state index is 0.204. The van der Waals surface area contributed by atoms with Crippen molar-refractivity contribution in [3.63, 3.8) is 0 Å². The molecule has 1 saturated carbocycles. The second-order valence-electron chi connectivity index (χ2n) is 6.68. The van der Waals surface area contributed by atoms with Gasteiger partial charge < -0.3 is 0 Å². The van der Waals surface area contributed by atoms with E-state index >= 15 is 0 Å². The molecule has 0 aromatic rings. The van der Waals surface area contributed by atoms with Crippen molar-refractivity contribution in [3.05, 3.63) is 0 Å². The van der Waals surface area contributed by atoms with E-state index in [1.807, 2.05) is 0 Å². The van der Waals surface area contributed by atoms with Gasteiger partial charge in [-0.1, -0.05) is 0 Å². The molecule has 0 spiro atoms. The van der Waals surface area contributed by atoms with Crippen LogP contribution >= 0.6 is 0 Å². The molecule has 1 atom stereocenters. The molecule has 0 aromatic carbocycles. The zero-order valence-corrected chi connectivity index (χ0v) is 16.0. The van der Waals surface area contributed by atoms with E-state index in [4.69, 9.17) is 0 Å². The van der Waals surface area contributed by atoms with Gasteiger partial charge in [0.2, 0.25) is 0 Å². The van der Waals surface area contributed by atoms with Crippen LogP contribution in [-0.2, 0) is 0 Å². The monoisotopic (exact) mass is 382 g/mol. The average molecular weight is 381 g/mol. The normalized spacial score (nSPS) is 21.6. The van der Waals surface area contributed by atoms with Crippen molar-refractivity contribution in [2.24, 2.45) is 5.92 Å². The molecule has 0 N–H and O–H groups in total. The van der Waals surface area contributed by atoms with Crippen molar-refractivity contribution in [1.82, 2.24) is 0 Å². The summed E-state index contributed by atoms with van der Waals surface area (Å²) in [6.07, 6.45) is 7.79. The van der Waals surface area contributed by atoms with Gasteiger partial charge in [0, 0.05) is 0 Å². The molecule has 0 nitrogen and oxygen atoms in total. The molecular formula is C16H32F2Sn. The Morgan fingerprint density at radius 1 is 0.895 bits per heavy atom. The van der Waals surface area contributed by atoms with Crippen LogP contribution in [0.2, 0.25) is 17.7 Å². The van der Waals surface area contributed by atoms with Crippen LogP contribution in [0.4, 0.5) is 8.78 Å². The molecule has 1 fully saturated rings. The Balaban J connectivity index is 2.64. The molecule has 1 aliphatic rings. The number of halogens is 2. The van der Waals surface area contributed by atoms with Crippen molar-refractivity contribution in [1.29, 1.82) is 0 Å². The molecule has 1 unspecified atom stereocenters. The van der Waals surface area contributed by atoms with E-state index in [1.54, 1.807) is 0 Å². The number of hydrogen-bond acceptors (Lipinski definition) is 0. The van der Waals surface area contributed by atoms with Crippen LogP contribution in [0.5, 0.6) is 0 Å². The Morgan fingerprint density at radius 3 is 1.53 bits per heavy atom. The first kappa shape index (κ1) is 17.7. The summed E-state index contributed by atoms with van der Waals surface area (Å²) < 4.78 is 31.8. The number of hydrogen-bond donors (Lipinski definition) is 0. The van der Waals surface area contributed by atoms with Gasteiger partial charge in [-0.15, -0.1) is 0 Å². The van der Waals surface area contributed by atoms with Gasteiger partial charge in [0.1, 0.15) is 0 Å². The summed E-state index contributed by atoms with van der Waals surface area (Å²) in [5.41, 5.74) is 0. The fraction of sp³-hybridized carbons (Fsp3) is 1.00. The number of unbranched alkanes of at least 4 members (excludes halogenated alkanes) is 3. The van der Waals surface area contributed by atoms with Gasteiger partial charge in [-0.3, -0.25) is 0 Å². The molecule has 0 amide bonds. The summed E-state index contributed by atoms with van der Waals surface area (Å²) in [4.78, 5) is 0. The van der Waals surface area contributed by atoms with Crippen LogP contribution < -0.4 is 0 Å². The molecule has 114 valence electrons. The van der Waals surface area contributed by atoms with Gasteiger partial charge >= 0.3 is 122 Å². The van der Waals surface area contributed by atoms with Crippen molar-refractivity contribution < 1.29 is 8.78 Å². The molecule has 19 heavy (non-hydrogen) atoms. The van der Waals surface area contributed by atoms with E-state index in [2.05, 4.69) is 20.8 Å². The zero-order valence-electron chi connectivity index (χ0n) is 13.1. The van der Waals surface area contributed by atoms with Gasteiger partial charge in [-0.05, 0) is 0 Å². The van der Waals surface area contributed by atoms with Crippen LogP contribution in [0.25, 0.3) is 0 Å². The van der Waals surface area contributed by atoms with E-state index in [-0.39, 0.29) is 12.3 Å². The predicted octanol–water partition coefficient (Wildman–Crippen LogP) is 6.49. The van der Waals surface area contributed by atoms with Gasteiger partial charge in [-0.2, -0.15) is 0 Å². The molecule has 0 saturated heterocycles. The van der Waals surface area contributed by atoms with Crippen molar-refractivity contribution in [2.75, 3.05) is 0 Å². The van der Waals surface area contributed by atoms with Crippen molar-refractivity contribution in [2.45, 2.75) is 89.4 Å².